The largest absolute Gasteiger partial charge is 0.479 e. The third-order valence-electron chi connectivity index (χ3n) is 1.84. The number of methoxy groups -OCH3 is 1. The predicted octanol–water partition coefficient (Wildman–Crippen LogP) is 1.44. The first-order valence-electron chi connectivity index (χ1n) is 4.47. The zero-order valence-corrected chi connectivity index (χ0v) is 8.60. The molecule has 0 aliphatic heterocycles. The Bertz CT molecular complexity index is 359. The van der Waals surface area contributed by atoms with Crippen molar-refractivity contribution in [2.75, 3.05) is 7.11 Å². The van der Waals surface area contributed by atoms with Gasteiger partial charge in [0, 0.05) is 5.56 Å². The van der Waals surface area contributed by atoms with Crippen LogP contribution in [-0.4, -0.2) is 25.5 Å². The van der Waals surface area contributed by atoms with E-state index in [0.717, 1.165) is 6.29 Å². The smallest absolute Gasteiger partial charge is 0.346 e. The van der Waals surface area contributed by atoms with Gasteiger partial charge in [-0.3, -0.25) is 4.79 Å². The van der Waals surface area contributed by atoms with E-state index in [9.17, 15) is 9.59 Å². The van der Waals surface area contributed by atoms with E-state index in [1.807, 2.05) is 0 Å². The average Bonchev–Trinajstić information content (AvgIpc) is 2.28. The Morgan fingerprint density at radius 1 is 1.47 bits per heavy atom. The summed E-state index contributed by atoms with van der Waals surface area (Å²) in [6.07, 6.45) is 0.0345. The summed E-state index contributed by atoms with van der Waals surface area (Å²) in [5, 5.41) is 0. The maximum atomic E-state index is 11.1. The van der Waals surface area contributed by atoms with Gasteiger partial charge in [-0.2, -0.15) is 0 Å². The van der Waals surface area contributed by atoms with Gasteiger partial charge in [-0.25, -0.2) is 4.79 Å². The number of hydrogen-bond donors (Lipinski definition) is 0. The quantitative estimate of drug-likeness (QED) is 0.555. The molecule has 0 aliphatic rings. The topological polar surface area (TPSA) is 52.6 Å². The van der Waals surface area contributed by atoms with Gasteiger partial charge in [0.2, 0.25) is 0 Å². The van der Waals surface area contributed by atoms with Crippen molar-refractivity contribution in [3.63, 3.8) is 0 Å². The van der Waals surface area contributed by atoms with Crippen LogP contribution < -0.4 is 4.74 Å². The minimum atomic E-state index is -0.683. The summed E-state index contributed by atoms with van der Waals surface area (Å²) in [7, 11) is 1.30. The monoisotopic (exact) mass is 208 g/mol. The fraction of sp³-hybridized carbons (Fsp3) is 0.273. The molecular formula is C11H12O4. The number of aldehydes is 1. The molecule has 1 atom stereocenters. The Labute approximate surface area is 87.8 Å². The molecule has 0 spiro atoms. The van der Waals surface area contributed by atoms with E-state index in [2.05, 4.69) is 4.74 Å². The van der Waals surface area contributed by atoms with Crippen LogP contribution in [0.25, 0.3) is 0 Å². The molecule has 1 aromatic carbocycles. The van der Waals surface area contributed by atoms with E-state index in [1.54, 1.807) is 31.2 Å². The third kappa shape index (κ3) is 3.09. The van der Waals surface area contributed by atoms with Gasteiger partial charge < -0.3 is 9.47 Å². The van der Waals surface area contributed by atoms with Crippen LogP contribution in [0.5, 0.6) is 5.75 Å². The summed E-state index contributed by atoms with van der Waals surface area (Å²) >= 11 is 0. The van der Waals surface area contributed by atoms with Gasteiger partial charge >= 0.3 is 5.97 Å². The number of rotatable bonds is 4. The molecule has 15 heavy (non-hydrogen) atoms. The summed E-state index contributed by atoms with van der Waals surface area (Å²) in [5.74, 6) is 0.0176. The first kappa shape index (κ1) is 11.2. The van der Waals surface area contributed by atoms with Gasteiger partial charge in [0.25, 0.3) is 0 Å². The lowest BCUT2D eigenvalue weighted by atomic mass is 10.2. The van der Waals surface area contributed by atoms with Gasteiger partial charge in [-0.1, -0.05) is 12.1 Å². The standard InChI is InChI=1S/C11H12O4/c1-8(11(13)14-2)15-10-5-3-4-9(6-10)7-12/h3-8H,1-2H3/t8-/m1/s1. The van der Waals surface area contributed by atoms with Crippen LogP contribution >= 0.6 is 0 Å². The molecule has 0 N–H and O–H groups in total. The van der Waals surface area contributed by atoms with Crippen molar-refractivity contribution in [3.05, 3.63) is 29.8 Å². The fourth-order valence-corrected chi connectivity index (χ4v) is 1.08. The van der Waals surface area contributed by atoms with Gasteiger partial charge in [-0.15, -0.1) is 0 Å². The van der Waals surface area contributed by atoms with Gasteiger partial charge in [-0.05, 0) is 19.1 Å². The second kappa shape index (κ2) is 5.14. The van der Waals surface area contributed by atoms with Gasteiger partial charge in [0.15, 0.2) is 6.10 Å². The van der Waals surface area contributed by atoms with E-state index in [4.69, 9.17) is 4.74 Å². The maximum Gasteiger partial charge on any atom is 0.346 e. The average molecular weight is 208 g/mol. The van der Waals surface area contributed by atoms with Gasteiger partial charge in [0.1, 0.15) is 12.0 Å². The minimum Gasteiger partial charge on any atom is -0.479 e. The van der Waals surface area contributed by atoms with Crippen LogP contribution in [0, 0.1) is 0 Å². The molecule has 80 valence electrons. The number of hydrogen-bond acceptors (Lipinski definition) is 4. The molecular weight excluding hydrogens is 196 g/mol. The van der Waals surface area contributed by atoms with E-state index < -0.39 is 12.1 Å². The Morgan fingerprint density at radius 3 is 2.80 bits per heavy atom. The highest BCUT2D eigenvalue weighted by Gasteiger charge is 2.14. The van der Waals surface area contributed by atoms with Crippen LogP contribution in [0.15, 0.2) is 24.3 Å². The normalized spacial score (nSPS) is 11.6. The van der Waals surface area contributed by atoms with E-state index >= 15 is 0 Å². The van der Waals surface area contributed by atoms with Crippen molar-refractivity contribution in [1.29, 1.82) is 0 Å². The SMILES string of the molecule is COC(=O)[C@@H](C)Oc1cccc(C=O)c1. The first-order valence-corrected chi connectivity index (χ1v) is 4.47. The van der Waals surface area contributed by atoms with Crippen LogP contribution in [0.3, 0.4) is 0 Å². The van der Waals surface area contributed by atoms with Crippen LogP contribution in [0.2, 0.25) is 0 Å². The van der Waals surface area contributed by atoms with Crippen LogP contribution in [0.1, 0.15) is 17.3 Å². The molecule has 0 aliphatic carbocycles. The van der Waals surface area contributed by atoms with Gasteiger partial charge in [0.05, 0.1) is 7.11 Å². The zero-order chi connectivity index (χ0) is 11.3. The first-order chi connectivity index (χ1) is 7.17. The molecule has 0 aromatic heterocycles. The molecule has 0 amide bonds. The number of carbonyl (C=O) groups is 2. The summed E-state index contributed by atoms with van der Waals surface area (Å²) in [4.78, 5) is 21.5. The number of benzene rings is 1. The highest BCUT2D eigenvalue weighted by Crippen LogP contribution is 2.14. The zero-order valence-electron chi connectivity index (χ0n) is 8.60. The van der Waals surface area contributed by atoms with Crippen molar-refractivity contribution in [2.24, 2.45) is 0 Å². The Kier molecular flexibility index (Phi) is 3.85. The molecule has 0 heterocycles. The van der Waals surface area contributed by atoms with Crippen molar-refractivity contribution in [3.8, 4) is 5.75 Å². The Balaban J connectivity index is 2.71. The molecule has 1 aromatic rings. The van der Waals surface area contributed by atoms with Crippen molar-refractivity contribution in [1.82, 2.24) is 0 Å². The second-order valence-corrected chi connectivity index (χ2v) is 2.97. The van der Waals surface area contributed by atoms with E-state index in [0.29, 0.717) is 11.3 Å². The molecule has 0 bridgehead atoms. The lowest BCUT2D eigenvalue weighted by molar-refractivity contribution is -0.147. The second-order valence-electron chi connectivity index (χ2n) is 2.97. The molecule has 0 saturated carbocycles. The molecule has 0 radical (unpaired) electrons. The Morgan fingerprint density at radius 2 is 2.20 bits per heavy atom. The summed E-state index contributed by atoms with van der Waals surface area (Å²) < 4.78 is 9.78. The lowest BCUT2D eigenvalue weighted by Gasteiger charge is -2.12. The Hall–Kier alpha value is -1.84. The highest BCUT2D eigenvalue weighted by molar-refractivity contribution is 5.76. The molecule has 1 rings (SSSR count). The molecule has 0 saturated heterocycles. The number of esters is 1. The summed E-state index contributed by atoms with van der Waals surface area (Å²) in [6.45, 7) is 1.58. The van der Waals surface area contributed by atoms with E-state index in [1.165, 1.54) is 7.11 Å². The maximum absolute atomic E-state index is 11.1. The molecule has 0 unspecified atom stereocenters. The number of ether oxygens (including phenoxy) is 2. The van der Waals surface area contributed by atoms with Crippen LogP contribution in [-0.2, 0) is 9.53 Å². The molecule has 4 nitrogen and oxygen atoms in total. The van der Waals surface area contributed by atoms with E-state index in [-0.39, 0.29) is 0 Å². The van der Waals surface area contributed by atoms with Crippen molar-refractivity contribution < 1.29 is 19.1 Å². The predicted molar refractivity (Wildman–Crippen MR) is 53.9 cm³/mol. The molecule has 0 fully saturated rings. The van der Waals surface area contributed by atoms with Crippen molar-refractivity contribution >= 4 is 12.3 Å². The summed E-state index contributed by atoms with van der Waals surface area (Å²) in [5.41, 5.74) is 0.504. The third-order valence-corrected chi connectivity index (χ3v) is 1.84. The number of carbonyl (C=O) groups excluding carboxylic acids is 2. The summed E-state index contributed by atoms with van der Waals surface area (Å²) in [6, 6.07) is 6.57. The minimum absolute atomic E-state index is 0.452. The van der Waals surface area contributed by atoms with Crippen molar-refractivity contribution in [2.45, 2.75) is 13.0 Å². The fourth-order valence-electron chi connectivity index (χ4n) is 1.08. The lowest BCUT2D eigenvalue weighted by Crippen LogP contribution is -2.24. The molecule has 4 heteroatoms. The van der Waals surface area contributed by atoms with Crippen LogP contribution in [0.4, 0.5) is 0 Å². The highest BCUT2D eigenvalue weighted by atomic mass is 16.6.